The minimum Gasteiger partial charge on any atom is -0.396 e. The lowest BCUT2D eigenvalue weighted by Gasteiger charge is -2.09. The molecular weight excluding hydrogens is 367 g/mol. The van der Waals surface area contributed by atoms with Gasteiger partial charge in [0.25, 0.3) is 0 Å². The molecule has 108 valence electrons. The van der Waals surface area contributed by atoms with E-state index in [0.29, 0.717) is 6.42 Å². The molecule has 0 spiro atoms. The molecule has 0 atom stereocenters. The lowest BCUT2D eigenvalue weighted by atomic mass is 10.2. The summed E-state index contributed by atoms with van der Waals surface area (Å²) in [6.07, 6.45) is 0.594. The van der Waals surface area contributed by atoms with E-state index in [2.05, 4.69) is 20.7 Å². The molecule has 1 heterocycles. The maximum absolute atomic E-state index is 13.2. The second kappa shape index (κ2) is 6.21. The number of hydrogen-bond donors (Lipinski definition) is 2. The zero-order chi connectivity index (χ0) is 14.8. The molecule has 0 amide bonds. The fourth-order valence-electron chi connectivity index (χ4n) is 1.59. The van der Waals surface area contributed by atoms with Crippen LogP contribution < -0.4 is 10.5 Å². The Morgan fingerprint density at radius 2 is 2.15 bits per heavy atom. The summed E-state index contributed by atoms with van der Waals surface area (Å²) in [6.45, 7) is 0.267. The predicted molar refractivity (Wildman–Crippen MR) is 81.7 cm³/mol. The van der Waals surface area contributed by atoms with E-state index in [1.807, 2.05) is 16.8 Å². The highest BCUT2D eigenvalue weighted by Crippen LogP contribution is 2.26. The molecule has 1 aromatic carbocycles. The number of nitrogen functional groups attached to an aromatic ring is 1. The third-order valence-corrected chi connectivity index (χ3v) is 5.78. The highest BCUT2D eigenvalue weighted by atomic mass is 79.9. The molecule has 2 aromatic rings. The van der Waals surface area contributed by atoms with Crippen molar-refractivity contribution >= 4 is 43.0 Å². The van der Waals surface area contributed by atoms with Crippen LogP contribution in [0.5, 0.6) is 0 Å². The maximum Gasteiger partial charge on any atom is 0.241 e. The molecule has 2 rings (SSSR count). The SMILES string of the molecule is Nc1cc(S(=O)(=O)NCCc2ccsc2)c(Br)cc1F. The molecule has 0 saturated heterocycles. The Kier molecular flexibility index (Phi) is 4.79. The van der Waals surface area contributed by atoms with Gasteiger partial charge in [0.05, 0.1) is 10.6 Å². The number of rotatable bonds is 5. The number of thiophene rings is 1. The zero-order valence-corrected chi connectivity index (χ0v) is 13.5. The van der Waals surface area contributed by atoms with Gasteiger partial charge in [0, 0.05) is 11.0 Å². The van der Waals surface area contributed by atoms with Crippen LogP contribution in [-0.4, -0.2) is 15.0 Å². The van der Waals surface area contributed by atoms with Gasteiger partial charge in [-0.3, -0.25) is 0 Å². The largest absolute Gasteiger partial charge is 0.396 e. The van der Waals surface area contributed by atoms with E-state index in [4.69, 9.17) is 5.73 Å². The molecule has 0 saturated carbocycles. The van der Waals surface area contributed by atoms with Crippen LogP contribution in [0.1, 0.15) is 5.56 Å². The average Bonchev–Trinajstić information content (AvgIpc) is 2.86. The molecule has 8 heteroatoms. The van der Waals surface area contributed by atoms with Crippen molar-refractivity contribution in [1.29, 1.82) is 0 Å². The van der Waals surface area contributed by atoms with Gasteiger partial charge < -0.3 is 5.73 Å². The fraction of sp³-hybridized carbons (Fsp3) is 0.167. The molecule has 0 aliphatic carbocycles. The summed E-state index contributed by atoms with van der Waals surface area (Å²) in [5.74, 6) is -0.658. The number of nitrogens with two attached hydrogens (primary N) is 1. The average molecular weight is 379 g/mol. The molecule has 3 N–H and O–H groups in total. The molecule has 20 heavy (non-hydrogen) atoms. The van der Waals surface area contributed by atoms with Gasteiger partial charge >= 0.3 is 0 Å². The molecule has 0 aliphatic heterocycles. The Morgan fingerprint density at radius 1 is 1.40 bits per heavy atom. The maximum atomic E-state index is 13.2. The van der Waals surface area contributed by atoms with E-state index >= 15 is 0 Å². The van der Waals surface area contributed by atoms with Gasteiger partial charge in [0.2, 0.25) is 10.0 Å². The normalized spacial score (nSPS) is 11.7. The van der Waals surface area contributed by atoms with Crippen LogP contribution in [0.15, 0.2) is 38.3 Å². The first kappa shape index (κ1) is 15.4. The number of anilines is 1. The topological polar surface area (TPSA) is 72.2 Å². The van der Waals surface area contributed by atoms with Gasteiger partial charge in [-0.05, 0) is 56.9 Å². The Hall–Kier alpha value is -0.960. The summed E-state index contributed by atoms with van der Waals surface area (Å²) in [4.78, 5) is -0.0679. The first-order valence-electron chi connectivity index (χ1n) is 5.65. The summed E-state index contributed by atoms with van der Waals surface area (Å²) in [5, 5.41) is 3.89. The number of hydrogen-bond acceptors (Lipinski definition) is 4. The Bertz CT molecular complexity index is 702. The highest BCUT2D eigenvalue weighted by molar-refractivity contribution is 9.10. The molecule has 0 radical (unpaired) electrons. The van der Waals surface area contributed by atoms with Crippen LogP contribution in [0.4, 0.5) is 10.1 Å². The van der Waals surface area contributed by atoms with Crippen LogP contribution in [0.3, 0.4) is 0 Å². The molecule has 4 nitrogen and oxygen atoms in total. The monoisotopic (exact) mass is 378 g/mol. The van der Waals surface area contributed by atoms with Gasteiger partial charge in [-0.15, -0.1) is 0 Å². The second-order valence-corrected chi connectivity index (χ2v) is 7.45. The van der Waals surface area contributed by atoms with Crippen molar-refractivity contribution in [2.75, 3.05) is 12.3 Å². The Labute approximate surface area is 129 Å². The van der Waals surface area contributed by atoms with Gasteiger partial charge in [-0.2, -0.15) is 11.3 Å². The van der Waals surface area contributed by atoms with Crippen LogP contribution in [-0.2, 0) is 16.4 Å². The van der Waals surface area contributed by atoms with Crippen molar-refractivity contribution in [3.05, 3.63) is 44.8 Å². The third kappa shape index (κ3) is 3.57. The van der Waals surface area contributed by atoms with E-state index in [9.17, 15) is 12.8 Å². The predicted octanol–water partition coefficient (Wildman–Crippen LogP) is 2.75. The zero-order valence-electron chi connectivity index (χ0n) is 10.3. The number of nitrogens with one attached hydrogen (secondary N) is 1. The van der Waals surface area contributed by atoms with Gasteiger partial charge in [-0.1, -0.05) is 0 Å². The second-order valence-electron chi connectivity index (χ2n) is 4.08. The molecule has 1 aromatic heterocycles. The van der Waals surface area contributed by atoms with Crippen molar-refractivity contribution < 1.29 is 12.8 Å². The smallest absolute Gasteiger partial charge is 0.241 e. The van der Waals surface area contributed by atoms with E-state index in [0.717, 1.165) is 17.7 Å². The van der Waals surface area contributed by atoms with Gasteiger partial charge in [0.15, 0.2) is 0 Å². The molecule has 0 aliphatic rings. The van der Waals surface area contributed by atoms with Crippen molar-refractivity contribution in [1.82, 2.24) is 4.72 Å². The molecule has 0 fully saturated rings. The number of benzene rings is 1. The number of halogens is 2. The third-order valence-electron chi connectivity index (χ3n) is 2.63. The fourth-order valence-corrected chi connectivity index (χ4v) is 4.38. The van der Waals surface area contributed by atoms with Crippen molar-refractivity contribution in [3.8, 4) is 0 Å². The summed E-state index contributed by atoms with van der Waals surface area (Å²) < 4.78 is 40.1. The summed E-state index contributed by atoms with van der Waals surface area (Å²) in [6, 6.07) is 4.08. The van der Waals surface area contributed by atoms with Gasteiger partial charge in [0.1, 0.15) is 5.82 Å². The van der Waals surface area contributed by atoms with E-state index in [1.165, 1.54) is 0 Å². The molecule has 0 unspecified atom stereocenters. The summed E-state index contributed by atoms with van der Waals surface area (Å²) in [7, 11) is -3.72. The van der Waals surface area contributed by atoms with Crippen molar-refractivity contribution in [3.63, 3.8) is 0 Å². The first-order chi connectivity index (χ1) is 9.40. The number of sulfonamides is 1. The van der Waals surface area contributed by atoms with E-state index in [1.54, 1.807) is 11.3 Å². The standard InChI is InChI=1S/C12H12BrFN2O2S2/c13-9-5-10(14)11(15)6-12(9)20(17,18)16-3-1-8-2-4-19-7-8/h2,4-7,16H,1,3,15H2. The van der Waals surface area contributed by atoms with Gasteiger partial charge in [-0.25, -0.2) is 17.5 Å². The van der Waals surface area contributed by atoms with E-state index < -0.39 is 15.8 Å². The first-order valence-corrected chi connectivity index (χ1v) is 8.87. The van der Waals surface area contributed by atoms with Crippen molar-refractivity contribution in [2.45, 2.75) is 11.3 Å². The minimum atomic E-state index is -3.72. The highest BCUT2D eigenvalue weighted by Gasteiger charge is 2.19. The van der Waals surface area contributed by atoms with E-state index in [-0.39, 0.29) is 21.6 Å². The molecular formula is C12H12BrFN2O2S2. The molecule has 0 bridgehead atoms. The van der Waals surface area contributed by atoms with Crippen LogP contribution >= 0.6 is 27.3 Å². The van der Waals surface area contributed by atoms with Crippen LogP contribution in [0.25, 0.3) is 0 Å². The summed E-state index contributed by atoms with van der Waals surface area (Å²) in [5.41, 5.74) is 6.27. The Morgan fingerprint density at radius 3 is 2.80 bits per heavy atom. The van der Waals surface area contributed by atoms with Crippen molar-refractivity contribution in [2.24, 2.45) is 0 Å². The van der Waals surface area contributed by atoms with Crippen LogP contribution in [0.2, 0.25) is 0 Å². The Balaban J connectivity index is 2.12. The minimum absolute atomic E-state index is 0.0679. The quantitative estimate of drug-likeness (QED) is 0.785. The lowest BCUT2D eigenvalue weighted by molar-refractivity contribution is 0.580. The van der Waals surface area contributed by atoms with Crippen LogP contribution in [0, 0.1) is 5.82 Å². The summed E-state index contributed by atoms with van der Waals surface area (Å²) >= 11 is 4.59. The lowest BCUT2D eigenvalue weighted by Crippen LogP contribution is -2.26.